The van der Waals surface area contributed by atoms with E-state index in [1.54, 1.807) is 0 Å². The third-order valence-corrected chi connectivity index (χ3v) is 4.47. The molecule has 0 spiro atoms. The van der Waals surface area contributed by atoms with E-state index in [-0.39, 0.29) is 10.8 Å². The van der Waals surface area contributed by atoms with Crippen LogP contribution in [0, 0.1) is 17.0 Å². The van der Waals surface area contributed by atoms with Gasteiger partial charge in [-0.1, -0.05) is 0 Å². The predicted octanol–water partition coefficient (Wildman–Crippen LogP) is 3.63. The van der Waals surface area contributed by atoms with Crippen molar-refractivity contribution in [1.82, 2.24) is 0 Å². The van der Waals surface area contributed by atoms with Gasteiger partial charge in [-0.15, -0.1) is 11.6 Å². The number of benzene rings is 1. The zero-order valence-electron chi connectivity index (χ0n) is 8.19. The van der Waals surface area contributed by atoms with Crippen molar-refractivity contribution in [3.05, 3.63) is 35.4 Å². The third-order valence-electron chi connectivity index (χ3n) is 3.90. The van der Waals surface area contributed by atoms with Gasteiger partial charge in [-0.05, 0) is 47.8 Å². The Labute approximate surface area is 92.2 Å². The summed E-state index contributed by atoms with van der Waals surface area (Å²) in [5.74, 6) is -0.281. The molecule has 0 atom stereocenters. The number of halogens is 3. The summed E-state index contributed by atoms with van der Waals surface area (Å²) in [6.07, 6.45) is 2.98. The van der Waals surface area contributed by atoms with Crippen LogP contribution in [-0.4, -0.2) is 5.88 Å². The maximum atomic E-state index is 13.0. The molecular weight excluding hydrogens is 218 g/mol. The van der Waals surface area contributed by atoms with Gasteiger partial charge in [0.25, 0.3) is 0 Å². The highest BCUT2D eigenvalue weighted by Crippen LogP contribution is 2.73. The predicted molar refractivity (Wildman–Crippen MR) is 55.0 cm³/mol. The highest BCUT2D eigenvalue weighted by Gasteiger charge is 2.67. The summed E-state index contributed by atoms with van der Waals surface area (Å²) in [4.78, 5) is 0. The van der Waals surface area contributed by atoms with Gasteiger partial charge in [-0.25, -0.2) is 8.78 Å². The first-order valence-electron chi connectivity index (χ1n) is 5.10. The Morgan fingerprint density at radius 3 is 2.07 bits per heavy atom. The highest BCUT2D eigenvalue weighted by atomic mass is 35.5. The molecule has 0 heterocycles. The Bertz CT molecular complexity index is 388. The second-order valence-corrected chi connectivity index (χ2v) is 5.37. The molecule has 0 amide bonds. The van der Waals surface area contributed by atoms with E-state index in [0.29, 0.717) is 5.88 Å². The van der Waals surface area contributed by atoms with Crippen LogP contribution < -0.4 is 0 Å². The third kappa shape index (κ3) is 1.17. The average Bonchev–Trinajstić information content (AvgIpc) is 1.97. The second-order valence-electron chi connectivity index (χ2n) is 5.10. The fraction of sp³-hybridized carbons (Fsp3) is 0.500. The van der Waals surface area contributed by atoms with Crippen LogP contribution in [0.4, 0.5) is 8.78 Å². The fourth-order valence-electron chi connectivity index (χ4n) is 3.31. The Kier molecular flexibility index (Phi) is 1.75. The molecule has 0 radical (unpaired) electrons. The van der Waals surface area contributed by atoms with Gasteiger partial charge in [-0.2, -0.15) is 0 Å². The van der Waals surface area contributed by atoms with Crippen molar-refractivity contribution in [3.8, 4) is 0 Å². The molecule has 3 aliphatic rings. The van der Waals surface area contributed by atoms with Crippen molar-refractivity contribution >= 4 is 11.6 Å². The Morgan fingerprint density at radius 1 is 1.07 bits per heavy atom. The summed E-state index contributed by atoms with van der Waals surface area (Å²) in [5.41, 5.74) is 1.13. The molecule has 1 aromatic rings. The van der Waals surface area contributed by atoms with Crippen LogP contribution in [0.25, 0.3) is 0 Å². The first-order valence-corrected chi connectivity index (χ1v) is 5.64. The van der Waals surface area contributed by atoms with Crippen molar-refractivity contribution in [2.45, 2.75) is 24.7 Å². The largest absolute Gasteiger partial charge is 0.207 e. The molecule has 0 aliphatic heterocycles. The van der Waals surface area contributed by atoms with Crippen molar-refractivity contribution in [3.63, 3.8) is 0 Å². The van der Waals surface area contributed by atoms with Crippen LogP contribution in [0.15, 0.2) is 18.2 Å². The molecule has 3 fully saturated rings. The fourth-order valence-corrected chi connectivity index (χ4v) is 3.59. The molecular formula is C12H11ClF2. The maximum absolute atomic E-state index is 13.0. The normalized spacial score (nSPS) is 37.0. The minimum Gasteiger partial charge on any atom is -0.207 e. The minimum absolute atomic E-state index is 0.0395. The standard InChI is InChI=1S/C12H11ClF2/c13-7-11-4-12(5-11,6-11)8-1-9(14)3-10(15)2-8/h1-3H,4-7H2. The van der Waals surface area contributed by atoms with Crippen molar-refractivity contribution in [1.29, 1.82) is 0 Å². The van der Waals surface area contributed by atoms with Crippen molar-refractivity contribution in [2.75, 3.05) is 5.88 Å². The summed E-state index contributed by atoms with van der Waals surface area (Å²) >= 11 is 5.85. The summed E-state index contributed by atoms with van der Waals surface area (Å²) in [6, 6.07) is 3.84. The monoisotopic (exact) mass is 228 g/mol. The maximum Gasteiger partial charge on any atom is 0.126 e. The number of hydrogen-bond acceptors (Lipinski definition) is 0. The zero-order valence-corrected chi connectivity index (χ0v) is 8.95. The molecule has 1 aromatic carbocycles. The second kappa shape index (κ2) is 2.73. The van der Waals surface area contributed by atoms with Crippen molar-refractivity contribution in [2.24, 2.45) is 5.41 Å². The van der Waals surface area contributed by atoms with E-state index in [2.05, 4.69) is 0 Å². The summed E-state index contributed by atoms with van der Waals surface area (Å²) < 4.78 is 26.1. The van der Waals surface area contributed by atoms with Gasteiger partial charge < -0.3 is 0 Å². The van der Waals surface area contributed by atoms with Crippen LogP contribution in [0.1, 0.15) is 24.8 Å². The molecule has 2 bridgehead atoms. The van der Waals surface area contributed by atoms with Gasteiger partial charge in [0.1, 0.15) is 11.6 Å². The van der Waals surface area contributed by atoms with Gasteiger partial charge in [-0.3, -0.25) is 0 Å². The first kappa shape index (κ1) is 9.59. The number of hydrogen-bond donors (Lipinski definition) is 0. The topological polar surface area (TPSA) is 0 Å². The van der Waals surface area contributed by atoms with E-state index in [4.69, 9.17) is 11.6 Å². The molecule has 3 aliphatic carbocycles. The van der Waals surface area contributed by atoms with Gasteiger partial charge >= 0.3 is 0 Å². The van der Waals surface area contributed by atoms with Crippen LogP contribution in [0.3, 0.4) is 0 Å². The van der Waals surface area contributed by atoms with E-state index in [1.807, 2.05) is 0 Å². The first-order chi connectivity index (χ1) is 7.07. The molecule has 4 rings (SSSR count). The SMILES string of the molecule is Fc1cc(F)cc(C23CC(CCl)(C2)C3)c1. The summed E-state index contributed by atoms with van der Waals surface area (Å²) in [7, 11) is 0. The van der Waals surface area contributed by atoms with Crippen LogP contribution in [0.5, 0.6) is 0 Å². The average molecular weight is 229 g/mol. The number of rotatable bonds is 2. The zero-order chi connectivity index (χ0) is 10.7. The van der Waals surface area contributed by atoms with Gasteiger partial charge in [0.05, 0.1) is 0 Å². The summed E-state index contributed by atoms with van der Waals surface area (Å²) in [5, 5.41) is 0. The van der Waals surface area contributed by atoms with E-state index in [9.17, 15) is 8.78 Å². The lowest BCUT2D eigenvalue weighted by atomic mass is 9.34. The Balaban J connectivity index is 1.90. The van der Waals surface area contributed by atoms with Crippen molar-refractivity contribution < 1.29 is 8.78 Å². The molecule has 0 N–H and O–H groups in total. The minimum atomic E-state index is -0.477. The molecule has 0 saturated heterocycles. The highest BCUT2D eigenvalue weighted by molar-refractivity contribution is 6.18. The van der Waals surface area contributed by atoms with E-state index in [0.717, 1.165) is 30.9 Å². The van der Waals surface area contributed by atoms with Gasteiger partial charge in [0, 0.05) is 11.9 Å². The quantitative estimate of drug-likeness (QED) is 0.679. The van der Waals surface area contributed by atoms with Gasteiger partial charge in [0.15, 0.2) is 0 Å². The molecule has 0 aromatic heterocycles. The molecule has 0 nitrogen and oxygen atoms in total. The molecule has 3 heteroatoms. The molecule has 80 valence electrons. The molecule has 3 saturated carbocycles. The van der Waals surface area contributed by atoms with Crippen LogP contribution in [0.2, 0.25) is 0 Å². The van der Waals surface area contributed by atoms with E-state index in [1.165, 1.54) is 12.1 Å². The number of alkyl halides is 1. The molecule has 0 unspecified atom stereocenters. The smallest absolute Gasteiger partial charge is 0.126 e. The lowest BCUT2D eigenvalue weighted by Gasteiger charge is -2.70. The van der Waals surface area contributed by atoms with E-state index < -0.39 is 11.6 Å². The Morgan fingerprint density at radius 2 is 1.60 bits per heavy atom. The Hall–Kier alpha value is -0.630. The van der Waals surface area contributed by atoms with Crippen LogP contribution in [-0.2, 0) is 5.41 Å². The lowest BCUT2D eigenvalue weighted by Crippen LogP contribution is -2.65. The van der Waals surface area contributed by atoms with Crippen LogP contribution >= 0.6 is 11.6 Å². The summed E-state index contributed by atoms with van der Waals surface area (Å²) in [6.45, 7) is 0. The lowest BCUT2D eigenvalue weighted by molar-refractivity contribution is -0.122. The van der Waals surface area contributed by atoms with E-state index >= 15 is 0 Å². The molecule has 15 heavy (non-hydrogen) atoms. The van der Waals surface area contributed by atoms with Gasteiger partial charge in [0.2, 0.25) is 0 Å².